The molecule has 35 heavy (non-hydrogen) atoms. The predicted molar refractivity (Wildman–Crippen MR) is 134 cm³/mol. The van der Waals surface area contributed by atoms with Gasteiger partial charge in [-0.05, 0) is 72.4 Å². The number of benzene rings is 2. The van der Waals surface area contributed by atoms with Crippen LogP contribution in [0.2, 0.25) is 5.02 Å². The molecule has 0 aliphatic rings. The standard InChI is InChI=1S/C25H25ClN2O6S/c1-15-11-19(26)6-9-21(15)22(16-3-7-20(8-4-16)35(2,33)34)13-23(28-32)18-12-17(5-10-24(29)30)25(31)27-14-18/h3-4,6-9,11-12,14,22-23H,5,10,13H2,1-2H3,(H,27,31)(H,29,30). The molecule has 2 atom stereocenters. The number of sulfone groups is 1. The highest BCUT2D eigenvalue weighted by Crippen LogP contribution is 2.38. The van der Waals surface area contributed by atoms with Gasteiger partial charge in [0, 0.05) is 35.4 Å². The summed E-state index contributed by atoms with van der Waals surface area (Å²) in [5.41, 5.74) is 2.88. The number of nitrogens with zero attached hydrogens (tertiary/aromatic N) is 1. The van der Waals surface area contributed by atoms with Crippen molar-refractivity contribution >= 4 is 27.4 Å². The molecule has 0 radical (unpaired) electrons. The third-order valence-electron chi connectivity index (χ3n) is 5.90. The molecule has 0 saturated carbocycles. The van der Waals surface area contributed by atoms with Gasteiger partial charge in [-0.1, -0.05) is 35.0 Å². The van der Waals surface area contributed by atoms with Gasteiger partial charge < -0.3 is 10.1 Å². The molecule has 3 aromatic rings. The van der Waals surface area contributed by atoms with E-state index in [-0.39, 0.29) is 35.6 Å². The normalized spacial score (nSPS) is 13.2. The maximum atomic E-state index is 12.1. The molecule has 3 rings (SSSR count). The van der Waals surface area contributed by atoms with Crippen LogP contribution in [0, 0.1) is 11.8 Å². The van der Waals surface area contributed by atoms with E-state index < -0.39 is 27.4 Å². The highest BCUT2D eigenvalue weighted by Gasteiger charge is 2.25. The Balaban J connectivity index is 2.03. The fourth-order valence-electron chi connectivity index (χ4n) is 4.05. The van der Waals surface area contributed by atoms with Crippen LogP contribution in [0.5, 0.6) is 0 Å². The molecule has 2 N–H and O–H groups in total. The first-order valence-corrected chi connectivity index (χ1v) is 13.1. The number of aliphatic carboxylic acids is 1. The molecular formula is C25H25ClN2O6S. The third-order valence-corrected chi connectivity index (χ3v) is 7.26. The van der Waals surface area contributed by atoms with Crippen LogP contribution in [0.15, 0.2) is 69.6 Å². The molecule has 0 amide bonds. The van der Waals surface area contributed by atoms with E-state index in [4.69, 9.17) is 16.7 Å². The molecule has 0 aliphatic heterocycles. The molecule has 1 heterocycles. The average Bonchev–Trinajstić information content (AvgIpc) is 2.80. The first-order chi connectivity index (χ1) is 16.5. The fourth-order valence-corrected chi connectivity index (χ4v) is 4.91. The molecule has 0 bridgehead atoms. The van der Waals surface area contributed by atoms with Gasteiger partial charge in [0.2, 0.25) is 0 Å². The molecule has 0 spiro atoms. The Morgan fingerprint density at radius 1 is 1.11 bits per heavy atom. The van der Waals surface area contributed by atoms with Gasteiger partial charge in [0.15, 0.2) is 9.84 Å². The summed E-state index contributed by atoms with van der Waals surface area (Å²) in [5, 5.41) is 12.8. The van der Waals surface area contributed by atoms with Crippen molar-refractivity contribution < 1.29 is 18.3 Å². The Labute approximate surface area is 207 Å². The molecule has 0 saturated heterocycles. The number of aryl methyl sites for hydroxylation is 2. The topological polar surface area (TPSA) is 134 Å². The molecular weight excluding hydrogens is 492 g/mol. The molecule has 2 aromatic carbocycles. The van der Waals surface area contributed by atoms with Crippen molar-refractivity contribution in [2.75, 3.05) is 6.26 Å². The zero-order chi connectivity index (χ0) is 25.8. The lowest BCUT2D eigenvalue weighted by atomic mass is 9.82. The summed E-state index contributed by atoms with van der Waals surface area (Å²) in [6, 6.07) is 12.5. The Morgan fingerprint density at radius 3 is 2.37 bits per heavy atom. The van der Waals surface area contributed by atoms with Crippen molar-refractivity contribution in [2.45, 2.75) is 43.0 Å². The quantitative estimate of drug-likeness (QED) is 0.372. The molecule has 2 unspecified atom stereocenters. The number of carboxylic acids is 1. The lowest BCUT2D eigenvalue weighted by molar-refractivity contribution is -0.136. The lowest BCUT2D eigenvalue weighted by Gasteiger charge is -2.23. The number of halogens is 1. The SMILES string of the molecule is Cc1cc(Cl)ccc1C(CC(N=O)c1c[nH]c(=O)c(CCC(=O)O)c1)c1ccc(S(C)(=O)=O)cc1. The van der Waals surface area contributed by atoms with Crippen molar-refractivity contribution in [3.05, 3.63) is 103 Å². The van der Waals surface area contributed by atoms with Crippen LogP contribution in [0.3, 0.4) is 0 Å². The van der Waals surface area contributed by atoms with E-state index in [1.165, 1.54) is 24.4 Å². The van der Waals surface area contributed by atoms with Gasteiger partial charge >= 0.3 is 5.97 Å². The number of nitrogens with one attached hydrogen (secondary N) is 1. The molecule has 0 aliphatic carbocycles. The van der Waals surface area contributed by atoms with Crippen LogP contribution in [-0.4, -0.2) is 30.7 Å². The Morgan fingerprint density at radius 2 is 1.80 bits per heavy atom. The summed E-state index contributed by atoms with van der Waals surface area (Å²) in [6.45, 7) is 1.90. The second-order valence-corrected chi connectivity index (χ2v) is 10.9. The minimum Gasteiger partial charge on any atom is -0.481 e. The third kappa shape index (κ3) is 6.64. The number of aromatic amines is 1. The molecule has 0 fully saturated rings. The number of hydrogen-bond acceptors (Lipinski definition) is 6. The van der Waals surface area contributed by atoms with Gasteiger partial charge in [-0.25, -0.2) is 8.42 Å². The summed E-state index contributed by atoms with van der Waals surface area (Å²) in [6.07, 6.45) is 2.58. The van der Waals surface area contributed by atoms with Gasteiger partial charge in [-0.15, -0.1) is 0 Å². The number of aromatic nitrogens is 1. The van der Waals surface area contributed by atoms with E-state index in [0.717, 1.165) is 22.9 Å². The molecule has 184 valence electrons. The first kappa shape index (κ1) is 26.3. The van der Waals surface area contributed by atoms with Crippen molar-refractivity contribution in [1.29, 1.82) is 0 Å². The van der Waals surface area contributed by atoms with E-state index in [1.807, 2.05) is 19.1 Å². The lowest BCUT2D eigenvalue weighted by Crippen LogP contribution is -2.16. The minimum atomic E-state index is -3.38. The van der Waals surface area contributed by atoms with Crippen LogP contribution in [0.4, 0.5) is 0 Å². The second kappa shape index (κ2) is 11.0. The highest BCUT2D eigenvalue weighted by atomic mass is 35.5. The second-order valence-electron chi connectivity index (χ2n) is 8.43. The van der Waals surface area contributed by atoms with Crippen molar-refractivity contribution in [3.63, 3.8) is 0 Å². The number of hydrogen-bond donors (Lipinski definition) is 2. The monoisotopic (exact) mass is 516 g/mol. The van der Waals surface area contributed by atoms with Gasteiger partial charge in [0.25, 0.3) is 5.56 Å². The fraction of sp³-hybridized carbons (Fsp3) is 0.280. The van der Waals surface area contributed by atoms with Crippen LogP contribution in [0.1, 0.15) is 52.6 Å². The number of rotatable bonds is 10. The summed E-state index contributed by atoms with van der Waals surface area (Å²) < 4.78 is 23.8. The van der Waals surface area contributed by atoms with Crippen molar-refractivity contribution in [1.82, 2.24) is 4.98 Å². The van der Waals surface area contributed by atoms with Crippen LogP contribution >= 0.6 is 11.6 Å². The van der Waals surface area contributed by atoms with Gasteiger partial charge in [0.1, 0.15) is 6.04 Å². The van der Waals surface area contributed by atoms with Crippen LogP contribution in [-0.2, 0) is 21.1 Å². The summed E-state index contributed by atoms with van der Waals surface area (Å²) in [7, 11) is -3.38. The smallest absolute Gasteiger partial charge is 0.303 e. The Bertz CT molecular complexity index is 1400. The summed E-state index contributed by atoms with van der Waals surface area (Å²) >= 11 is 6.14. The minimum absolute atomic E-state index is 0.0246. The number of nitroso groups, excluding NO2 is 1. The van der Waals surface area contributed by atoms with Crippen molar-refractivity contribution in [3.8, 4) is 0 Å². The summed E-state index contributed by atoms with van der Waals surface area (Å²) in [5.74, 6) is -1.37. The molecule has 8 nitrogen and oxygen atoms in total. The van der Waals surface area contributed by atoms with E-state index in [2.05, 4.69) is 10.2 Å². The maximum absolute atomic E-state index is 12.1. The Hall–Kier alpha value is -3.30. The Kier molecular flexibility index (Phi) is 8.24. The maximum Gasteiger partial charge on any atom is 0.303 e. The van der Waals surface area contributed by atoms with E-state index in [1.54, 1.807) is 18.2 Å². The number of pyridine rings is 1. The zero-order valence-corrected chi connectivity index (χ0v) is 20.8. The van der Waals surface area contributed by atoms with Crippen LogP contribution in [0.25, 0.3) is 0 Å². The van der Waals surface area contributed by atoms with E-state index in [9.17, 15) is 22.9 Å². The van der Waals surface area contributed by atoms with Crippen molar-refractivity contribution in [2.24, 2.45) is 5.18 Å². The number of carbonyl (C=O) groups is 1. The molecule has 1 aromatic heterocycles. The predicted octanol–water partition coefficient (Wildman–Crippen LogP) is 4.79. The average molecular weight is 517 g/mol. The van der Waals surface area contributed by atoms with Crippen LogP contribution < -0.4 is 5.56 Å². The first-order valence-electron chi connectivity index (χ1n) is 10.8. The van der Waals surface area contributed by atoms with Gasteiger partial charge in [0.05, 0.1) is 4.90 Å². The number of carboxylic acid groups (broad SMARTS) is 1. The van der Waals surface area contributed by atoms with Gasteiger partial charge in [-0.2, -0.15) is 4.91 Å². The van der Waals surface area contributed by atoms with Gasteiger partial charge in [-0.3, -0.25) is 9.59 Å². The van der Waals surface area contributed by atoms with E-state index >= 15 is 0 Å². The largest absolute Gasteiger partial charge is 0.481 e. The summed E-state index contributed by atoms with van der Waals surface area (Å²) in [4.78, 5) is 37.8. The number of H-pyrrole nitrogens is 1. The molecule has 10 heteroatoms. The van der Waals surface area contributed by atoms with E-state index in [0.29, 0.717) is 10.6 Å². The zero-order valence-electron chi connectivity index (χ0n) is 19.2. The highest BCUT2D eigenvalue weighted by molar-refractivity contribution is 7.90.